The fraction of sp³-hybridized carbons (Fsp3) is 0.400. The Morgan fingerprint density at radius 3 is 2.31 bits per heavy atom. The summed E-state index contributed by atoms with van der Waals surface area (Å²) in [6.45, 7) is 4.72. The summed E-state index contributed by atoms with van der Waals surface area (Å²) in [6.07, 6.45) is 0. The van der Waals surface area contributed by atoms with E-state index in [9.17, 15) is 0 Å². The van der Waals surface area contributed by atoms with Crippen molar-refractivity contribution >= 4 is 8.56 Å². The monoisotopic (exact) mass is 196 g/mol. The summed E-state index contributed by atoms with van der Waals surface area (Å²) in [6, 6.07) is 10.1. The Bertz CT molecular complexity index is 246. The molecule has 0 aliphatic rings. The molecule has 0 bridgehead atoms. The molecule has 0 radical (unpaired) electrons. The van der Waals surface area contributed by atoms with E-state index in [2.05, 4.69) is 12.1 Å². The van der Waals surface area contributed by atoms with E-state index in [1.165, 1.54) is 5.56 Å². The van der Waals surface area contributed by atoms with E-state index in [0.29, 0.717) is 6.61 Å². The van der Waals surface area contributed by atoms with Gasteiger partial charge in [0.25, 0.3) is 0 Å². The van der Waals surface area contributed by atoms with E-state index in [1.54, 1.807) is 7.11 Å². The molecule has 0 saturated carbocycles. The average Bonchev–Trinajstić information content (AvgIpc) is 2.17. The van der Waals surface area contributed by atoms with Gasteiger partial charge in [0, 0.05) is 7.11 Å². The molecule has 72 valence electrons. The van der Waals surface area contributed by atoms with Gasteiger partial charge in [-0.15, -0.1) is 0 Å². The highest BCUT2D eigenvalue weighted by atomic mass is 28.4. The van der Waals surface area contributed by atoms with Crippen LogP contribution in [0, 0.1) is 0 Å². The van der Waals surface area contributed by atoms with Gasteiger partial charge in [-0.05, 0) is 18.7 Å². The summed E-state index contributed by atoms with van der Waals surface area (Å²) in [4.78, 5) is 0. The van der Waals surface area contributed by atoms with E-state index in [0.717, 1.165) is 0 Å². The molecule has 1 aromatic carbocycles. The largest absolute Gasteiger partial charge is 0.398 e. The van der Waals surface area contributed by atoms with Crippen molar-refractivity contribution in [3.8, 4) is 0 Å². The van der Waals surface area contributed by atoms with Crippen LogP contribution < -0.4 is 0 Å². The molecule has 0 heterocycles. The van der Waals surface area contributed by atoms with Gasteiger partial charge in [0.15, 0.2) is 0 Å². The van der Waals surface area contributed by atoms with Crippen molar-refractivity contribution < 1.29 is 8.85 Å². The first-order chi connectivity index (χ1) is 6.14. The zero-order valence-electron chi connectivity index (χ0n) is 8.41. The second-order valence-corrected chi connectivity index (χ2v) is 6.87. The quantitative estimate of drug-likeness (QED) is 0.689. The maximum atomic E-state index is 5.68. The number of rotatable bonds is 4. The van der Waals surface area contributed by atoms with Gasteiger partial charge in [-0.2, -0.15) is 0 Å². The molecule has 1 aromatic rings. The first kappa shape index (κ1) is 10.4. The minimum Gasteiger partial charge on any atom is -0.398 e. The van der Waals surface area contributed by atoms with Gasteiger partial charge in [0.1, 0.15) is 0 Å². The van der Waals surface area contributed by atoms with Crippen LogP contribution in [-0.4, -0.2) is 15.7 Å². The Balaban J connectivity index is 2.44. The number of benzene rings is 1. The minimum atomic E-state index is -1.86. The van der Waals surface area contributed by atoms with Crippen LogP contribution in [0.3, 0.4) is 0 Å². The molecule has 1 rings (SSSR count). The molecular formula is C10H16O2Si. The Labute approximate surface area is 80.7 Å². The second-order valence-electron chi connectivity index (χ2n) is 3.38. The average molecular weight is 196 g/mol. The van der Waals surface area contributed by atoms with Crippen LogP contribution in [0.15, 0.2) is 30.3 Å². The Morgan fingerprint density at radius 2 is 1.77 bits per heavy atom. The lowest BCUT2D eigenvalue weighted by Gasteiger charge is -2.19. The van der Waals surface area contributed by atoms with Crippen molar-refractivity contribution in [2.75, 3.05) is 7.11 Å². The molecule has 0 saturated heterocycles. The highest BCUT2D eigenvalue weighted by molar-refractivity contribution is 6.64. The van der Waals surface area contributed by atoms with Crippen molar-refractivity contribution in [2.45, 2.75) is 19.7 Å². The standard InChI is InChI=1S/C10H16O2Si/c1-11-13(2,3)12-9-10-7-5-4-6-8-10/h4-8H,9H2,1-3H3. The first-order valence-electron chi connectivity index (χ1n) is 4.37. The van der Waals surface area contributed by atoms with Crippen LogP contribution in [0.25, 0.3) is 0 Å². The third-order valence-corrected chi connectivity index (χ3v) is 3.74. The Morgan fingerprint density at radius 1 is 1.15 bits per heavy atom. The van der Waals surface area contributed by atoms with Crippen molar-refractivity contribution in [3.05, 3.63) is 35.9 Å². The summed E-state index contributed by atoms with van der Waals surface area (Å²) in [5.41, 5.74) is 1.19. The Kier molecular flexibility index (Phi) is 3.66. The van der Waals surface area contributed by atoms with E-state index < -0.39 is 8.56 Å². The molecule has 3 heteroatoms. The molecule has 0 atom stereocenters. The zero-order chi connectivity index (χ0) is 9.73. The first-order valence-corrected chi connectivity index (χ1v) is 7.19. The van der Waals surface area contributed by atoms with Crippen molar-refractivity contribution in [1.29, 1.82) is 0 Å². The molecular weight excluding hydrogens is 180 g/mol. The molecule has 0 N–H and O–H groups in total. The van der Waals surface area contributed by atoms with Gasteiger partial charge in [0.2, 0.25) is 0 Å². The second kappa shape index (κ2) is 4.55. The predicted molar refractivity (Wildman–Crippen MR) is 55.7 cm³/mol. The maximum Gasteiger partial charge on any atom is 0.331 e. The van der Waals surface area contributed by atoms with Crippen LogP contribution in [0.5, 0.6) is 0 Å². The molecule has 0 unspecified atom stereocenters. The molecule has 0 aliphatic carbocycles. The summed E-state index contributed by atoms with van der Waals surface area (Å²) in [5, 5.41) is 0. The lowest BCUT2D eigenvalue weighted by Crippen LogP contribution is -2.32. The SMILES string of the molecule is CO[Si](C)(C)OCc1ccccc1. The fourth-order valence-electron chi connectivity index (χ4n) is 0.890. The third-order valence-electron chi connectivity index (χ3n) is 1.92. The van der Waals surface area contributed by atoms with Crippen LogP contribution in [0.1, 0.15) is 5.56 Å². The molecule has 0 aliphatic heterocycles. The molecule has 0 spiro atoms. The summed E-state index contributed by atoms with van der Waals surface area (Å²) in [7, 11) is -0.154. The van der Waals surface area contributed by atoms with Gasteiger partial charge < -0.3 is 8.85 Å². The van der Waals surface area contributed by atoms with Crippen LogP contribution >= 0.6 is 0 Å². The molecule has 13 heavy (non-hydrogen) atoms. The summed E-state index contributed by atoms with van der Waals surface area (Å²) in [5.74, 6) is 0. The fourth-order valence-corrected chi connectivity index (χ4v) is 1.52. The smallest absolute Gasteiger partial charge is 0.331 e. The van der Waals surface area contributed by atoms with Gasteiger partial charge in [-0.3, -0.25) is 0 Å². The maximum absolute atomic E-state index is 5.68. The minimum absolute atomic E-state index is 0.647. The van der Waals surface area contributed by atoms with Gasteiger partial charge in [-0.1, -0.05) is 30.3 Å². The third kappa shape index (κ3) is 3.72. The molecule has 0 amide bonds. The van der Waals surface area contributed by atoms with E-state index in [-0.39, 0.29) is 0 Å². The lowest BCUT2D eigenvalue weighted by atomic mass is 10.2. The van der Waals surface area contributed by atoms with Crippen LogP contribution in [0.4, 0.5) is 0 Å². The highest BCUT2D eigenvalue weighted by Crippen LogP contribution is 2.09. The molecule has 2 nitrogen and oxygen atoms in total. The van der Waals surface area contributed by atoms with E-state index in [4.69, 9.17) is 8.85 Å². The van der Waals surface area contributed by atoms with E-state index in [1.807, 2.05) is 31.3 Å². The summed E-state index contributed by atoms with van der Waals surface area (Å²) < 4.78 is 11.0. The van der Waals surface area contributed by atoms with E-state index >= 15 is 0 Å². The van der Waals surface area contributed by atoms with Gasteiger partial charge in [0.05, 0.1) is 6.61 Å². The summed E-state index contributed by atoms with van der Waals surface area (Å²) >= 11 is 0. The highest BCUT2D eigenvalue weighted by Gasteiger charge is 2.21. The normalized spacial score (nSPS) is 11.6. The Hall–Kier alpha value is -0.643. The predicted octanol–water partition coefficient (Wildman–Crippen LogP) is 2.55. The molecule has 0 fully saturated rings. The molecule has 0 aromatic heterocycles. The topological polar surface area (TPSA) is 18.5 Å². The van der Waals surface area contributed by atoms with Gasteiger partial charge in [-0.25, -0.2) is 0 Å². The van der Waals surface area contributed by atoms with Crippen LogP contribution in [0.2, 0.25) is 13.1 Å². The van der Waals surface area contributed by atoms with Crippen molar-refractivity contribution in [1.82, 2.24) is 0 Å². The van der Waals surface area contributed by atoms with Crippen molar-refractivity contribution in [3.63, 3.8) is 0 Å². The van der Waals surface area contributed by atoms with Gasteiger partial charge >= 0.3 is 8.56 Å². The lowest BCUT2D eigenvalue weighted by molar-refractivity contribution is 0.202. The number of hydrogen-bond acceptors (Lipinski definition) is 2. The zero-order valence-corrected chi connectivity index (χ0v) is 9.41. The van der Waals surface area contributed by atoms with Crippen molar-refractivity contribution in [2.24, 2.45) is 0 Å². The number of hydrogen-bond donors (Lipinski definition) is 0. The van der Waals surface area contributed by atoms with Crippen LogP contribution in [-0.2, 0) is 15.5 Å².